The van der Waals surface area contributed by atoms with Crippen LogP contribution in [0.1, 0.15) is 51.5 Å². The Morgan fingerprint density at radius 3 is 2.55 bits per heavy atom. The summed E-state index contributed by atoms with van der Waals surface area (Å²) < 4.78 is 11.6. The maximum Gasteiger partial charge on any atom is 0.342 e. The van der Waals surface area contributed by atoms with Crippen LogP contribution in [0, 0.1) is 0 Å². The number of rotatable bonds is 3. The Bertz CT molecular complexity index is 496. The number of fused-ring (bicyclic) bond motifs is 1. The first-order chi connectivity index (χ1) is 9.61. The first kappa shape index (κ1) is 13.6. The molecule has 2 aliphatic rings. The van der Waals surface area contributed by atoms with Crippen molar-refractivity contribution in [3.63, 3.8) is 0 Å². The van der Waals surface area contributed by atoms with Crippen LogP contribution in [0.15, 0.2) is 30.3 Å². The van der Waals surface area contributed by atoms with E-state index in [1.54, 1.807) is 0 Å². The quantitative estimate of drug-likeness (QED) is 0.625. The van der Waals surface area contributed by atoms with Crippen LogP contribution in [0.5, 0.6) is 0 Å². The summed E-state index contributed by atoms with van der Waals surface area (Å²) in [4.78, 5) is 12.6. The van der Waals surface area contributed by atoms with Gasteiger partial charge >= 0.3 is 5.97 Å². The van der Waals surface area contributed by atoms with Crippen molar-refractivity contribution in [1.82, 2.24) is 0 Å². The molecule has 1 aliphatic heterocycles. The molecule has 1 aromatic carbocycles. The maximum absolute atomic E-state index is 12.6. The predicted octanol–water partition coefficient (Wildman–Crippen LogP) is 3.57. The van der Waals surface area contributed by atoms with Crippen molar-refractivity contribution in [2.24, 2.45) is 0 Å². The number of ether oxygens (including phenoxy) is 2. The molecule has 2 fully saturated rings. The number of esters is 1. The molecule has 3 rings (SSSR count). The van der Waals surface area contributed by atoms with Gasteiger partial charge in [-0.3, -0.25) is 0 Å². The fraction of sp³-hybridized carbons (Fsp3) is 0.588. The minimum Gasteiger partial charge on any atom is -0.461 e. The molecule has 2 unspecified atom stereocenters. The Kier molecular flexibility index (Phi) is 3.33. The molecule has 0 bridgehead atoms. The molecule has 1 aliphatic carbocycles. The lowest BCUT2D eigenvalue weighted by Gasteiger charge is -2.18. The summed E-state index contributed by atoms with van der Waals surface area (Å²) in [5, 5.41) is 0. The van der Waals surface area contributed by atoms with Gasteiger partial charge in [0, 0.05) is 0 Å². The topological polar surface area (TPSA) is 38.8 Å². The van der Waals surface area contributed by atoms with E-state index in [2.05, 4.69) is 12.1 Å². The lowest BCUT2D eigenvalue weighted by atomic mass is 9.82. The molecule has 1 saturated heterocycles. The van der Waals surface area contributed by atoms with Gasteiger partial charge in [-0.25, -0.2) is 4.79 Å². The van der Waals surface area contributed by atoms with Crippen LogP contribution in [0.25, 0.3) is 0 Å². The van der Waals surface area contributed by atoms with Crippen molar-refractivity contribution in [2.75, 3.05) is 0 Å². The largest absolute Gasteiger partial charge is 0.461 e. The van der Waals surface area contributed by atoms with E-state index in [0.29, 0.717) is 0 Å². The Morgan fingerprint density at radius 2 is 1.85 bits per heavy atom. The number of benzene rings is 1. The second-order valence-corrected chi connectivity index (χ2v) is 6.14. The molecular formula is C17H22O3. The van der Waals surface area contributed by atoms with Gasteiger partial charge in [0.2, 0.25) is 0 Å². The molecule has 20 heavy (non-hydrogen) atoms. The molecule has 0 radical (unpaired) electrons. The van der Waals surface area contributed by atoms with Crippen molar-refractivity contribution in [2.45, 2.75) is 63.3 Å². The average Bonchev–Trinajstić information content (AvgIpc) is 3.10. The van der Waals surface area contributed by atoms with Gasteiger partial charge in [0.1, 0.15) is 5.60 Å². The number of hydrogen-bond acceptors (Lipinski definition) is 3. The minimum absolute atomic E-state index is 0.0993. The third-order valence-corrected chi connectivity index (χ3v) is 4.43. The molecule has 108 valence electrons. The molecule has 1 saturated carbocycles. The average molecular weight is 274 g/mol. The summed E-state index contributed by atoms with van der Waals surface area (Å²) in [6, 6.07) is 10.1. The molecule has 0 spiro atoms. The van der Waals surface area contributed by atoms with Gasteiger partial charge in [-0.1, -0.05) is 43.2 Å². The van der Waals surface area contributed by atoms with Gasteiger partial charge in [0.15, 0.2) is 5.60 Å². The van der Waals surface area contributed by atoms with Gasteiger partial charge in [0.25, 0.3) is 0 Å². The fourth-order valence-electron chi connectivity index (χ4n) is 3.46. The van der Waals surface area contributed by atoms with Crippen molar-refractivity contribution in [1.29, 1.82) is 0 Å². The predicted molar refractivity (Wildman–Crippen MR) is 76.2 cm³/mol. The zero-order chi connectivity index (χ0) is 14.2. The lowest BCUT2D eigenvalue weighted by molar-refractivity contribution is -0.154. The first-order valence-electron chi connectivity index (χ1n) is 7.57. The second-order valence-electron chi connectivity index (χ2n) is 6.14. The highest BCUT2D eigenvalue weighted by molar-refractivity contribution is 5.85. The van der Waals surface area contributed by atoms with Crippen LogP contribution in [0.3, 0.4) is 0 Å². The van der Waals surface area contributed by atoms with E-state index >= 15 is 0 Å². The van der Waals surface area contributed by atoms with Crippen molar-refractivity contribution >= 4 is 5.97 Å². The molecular weight excluding hydrogens is 252 g/mol. The molecule has 2 atom stereocenters. The van der Waals surface area contributed by atoms with Gasteiger partial charge in [-0.15, -0.1) is 0 Å². The molecule has 1 heterocycles. The van der Waals surface area contributed by atoms with Crippen LogP contribution < -0.4 is 0 Å². The number of carbonyl (C=O) groups is 1. The van der Waals surface area contributed by atoms with E-state index in [1.807, 2.05) is 32.0 Å². The monoisotopic (exact) mass is 274 g/mol. The van der Waals surface area contributed by atoms with Crippen LogP contribution in [0.4, 0.5) is 0 Å². The van der Waals surface area contributed by atoms with Gasteiger partial charge in [0.05, 0.1) is 6.10 Å². The Labute approximate surface area is 120 Å². The normalized spacial score (nSPS) is 32.4. The van der Waals surface area contributed by atoms with E-state index < -0.39 is 11.2 Å². The van der Waals surface area contributed by atoms with E-state index in [0.717, 1.165) is 37.7 Å². The maximum atomic E-state index is 12.6. The summed E-state index contributed by atoms with van der Waals surface area (Å²) in [7, 11) is 0. The molecule has 1 aromatic rings. The van der Waals surface area contributed by atoms with Crippen molar-refractivity contribution in [3.8, 4) is 0 Å². The zero-order valence-corrected chi connectivity index (χ0v) is 12.2. The van der Waals surface area contributed by atoms with Crippen LogP contribution >= 0.6 is 0 Å². The Hall–Kier alpha value is -1.35. The Morgan fingerprint density at radius 1 is 1.15 bits per heavy atom. The molecule has 0 amide bonds. The van der Waals surface area contributed by atoms with Crippen LogP contribution in [-0.4, -0.2) is 17.7 Å². The number of hydrogen-bond donors (Lipinski definition) is 0. The van der Waals surface area contributed by atoms with Crippen molar-refractivity contribution < 1.29 is 14.3 Å². The summed E-state index contributed by atoms with van der Waals surface area (Å²) in [6.45, 7) is 3.77. The smallest absolute Gasteiger partial charge is 0.342 e. The molecule has 0 aromatic heterocycles. The van der Waals surface area contributed by atoms with E-state index in [-0.39, 0.29) is 12.1 Å². The molecule has 0 N–H and O–H groups in total. The highest BCUT2D eigenvalue weighted by Crippen LogP contribution is 2.63. The van der Waals surface area contributed by atoms with Gasteiger partial charge in [-0.05, 0) is 38.7 Å². The van der Waals surface area contributed by atoms with Gasteiger partial charge < -0.3 is 9.47 Å². The van der Waals surface area contributed by atoms with Gasteiger partial charge in [-0.2, -0.15) is 0 Å². The van der Waals surface area contributed by atoms with Crippen LogP contribution in [0.2, 0.25) is 0 Å². The summed E-state index contributed by atoms with van der Waals surface area (Å²) in [5.41, 5.74) is -0.0751. The summed E-state index contributed by atoms with van der Waals surface area (Å²) in [6.07, 6.45) is 4.87. The second kappa shape index (κ2) is 4.88. The number of carbonyl (C=O) groups excluding carboxylic acids is 1. The summed E-state index contributed by atoms with van der Waals surface area (Å²) in [5.74, 6) is -0.182. The molecule has 3 heteroatoms. The van der Waals surface area contributed by atoms with Crippen molar-refractivity contribution in [3.05, 3.63) is 35.9 Å². The highest BCUT2D eigenvalue weighted by atomic mass is 16.7. The lowest BCUT2D eigenvalue weighted by Crippen LogP contribution is -2.35. The standard InChI is InChI=1S/C17H22O3/c1-13(2)19-15(18)17-12-8-4-7-11-16(17,20-17)14-9-5-3-6-10-14/h3,5-6,9-10,13H,4,7-8,11-12H2,1-2H3. The van der Waals surface area contributed by atoms with E-state index in [1.165, 1.54) is 0 Å². The zero-order valence-electron chi connectivity index (χ0n) is 12.2. The third kappa shape index (κ3) is 1.96. The van der Waals surface area contributed by atoms with E-state index in [9.17, 15) is 4.79 Å². The minimum atomic E-state index is -0.741. The fourth-order valence-corrected chi connectivity index (χ4v) is 3.46. The molecule has 3 nitrogen and oxygen atoms in total. The SMILES string of the molecule is CC(C)OC(=O)C12CCCCCC1(c1ccccc1)O2. The first-order valence-corrected chi connectivity index (χ1v) is 7.57. The third-order valence-electron chi connectivity index (χ3n) is 4.43. The summed E-state index contributed by atoms with van der Waals surface area (Å²) >= 11 is 0. The van der Waals surface area contributed by atoms with Crippen LogP contribution in [-0.2, 0) is 19.9 Å². The Balaban J connectivity index is 1.95. The number of epoxide rings is 1. The van der Waals surface area contributed by atoms with E-state index in [4.69, 9.17) is 9.47 Å². The highest BCUT2D eigenvalue weighted by Gasteiger charge is 2.75.